The molecule has 72 valence electrons. The van der Waals surface area contributed by atoms with E-state index >= 15 is 0 Å². The second-order valence-corrected chi connectivity index (χ2v) is 2.61. The van der Waals surface area contributed by atoms with Crippen molar-refractivity contribution >= 4 is 0 Å². The quantitative estimate of drug-likeness (QED) is 0.498. The number of nitrogens with two attached hydrogens (primary N) is 1. The van der Waals surface area contributed by atoms with Crippen LogP contribution in [0.15, 0.2) is 12.1 Å². The third-order valence-electron chi connectivity index (χ3n) is 1.68. The molecule has 0 spiro atoms. The SMILES string of the molecule is NC[C@H](O)c1cc(O)c(O)cc1[18F]. The largest absolute Gasteiger partial charge is 0.504 e. The van der Waals surface area contributed by atoms with E-state index in [-0.39, 0.29) is 12.1 Å². The van der Waals surface area contributed by atoms with Crippen molar-refractivity contribution in [3.63, 3.8) is 0 Å². The van der Waals surface area contributed by atoms with Crippen LogP contribution in [0.4, 0.5) is 4.39 Å². The molecule has 0 aliphatic rings. The van der Waals surface area contributed by atoms with E-state index in [4.69, 9.17) is 21.1 Å². The molecule has 0 aliphatic carbocycles. The summed E-state index contributed by atoms with van der Waals surface area (Å²) in [6.45, 7) is -0.152. The molecule has 0 saturated carbocycles. The van der Waals surface area contributed by atoms with E-state index in [0.29, 0.717) is 0 Å². The molecule has 1 aromatic carbocycles. The Morgan fingerprint density at radius 3 is 2.38 bits per heavy atom. The molecule has 1 atom stereocenters. The Morgan fingerprint density at radius 1 is 1.31 bits per heavy atom. The minimum Gasteiger partial charge on any atom is -0.504 e. The van der Waals surface area contributed by atoms with Gasteiger partial charge in [0.1, 0.15) is 5.82 Å². The van der Waals surface area contributed by atoms with Gasteiger partial charge in [-0.05, 0) is 6.07 Å². The first-order chi connectivity index (χ1) is 6.06. The van der Waals surface area contributed by atoms with Crippen LogP contribution < -0.4 is 5.73 Å². The van der Waals surface area contributed by atoms with E-state index in [9.17, 15) is 4.39 Å². The highest BCUT2D eigenvalue weighted by Crippen LogP contribution is 2.30. The standard InChI is InChI=1S/C8H10FNO3/c9-5-2-7(12)6(11)1-4(5)8(13)3-10/h1-2,8,11-13H,3,10H2/t8-/m0/s1/i9-1. The lowest BCUT2D eigenvalue weighted by atomic mass is 10.1. The number of benzene rings is 1. The summed E-state index contributed by atoms with van der Waals surface area (Å²) in [4.78, 5) is 0. The molecule has 0 radical (unpaired) electrons. The van der Waals surface area contributed by atoms with Gasteiger partial charge in [0.05, 0.1) is 6.10 Å². The third-order valence-corrected chi connectivity index (χ3v) is 1.68. The fraction of sp³-hybridized carbons (Fsp3) is 0.250. The topological polar surface area (TPSA) is 86.7 Å². The van der Waals surface area contributed by atoms with Gasteiger partial charge in [-0.15, -0.1) is 0 Å². The van der Waals surface area contributed by atoms with Crippen molar-refractivity contribution in [3.05, 3.63) is 23.5 Å². The molecule has 0 aromatic heterocycles. The fourth-order valence-electron chi connectivity index (χ4n) is 0.950. The van der Waals surface area contributed by atoms with E-state index in [1.165, 1.54) is 0 Å². The van der Waals surface area contributed by atoms with Crippen molar-refractivity contribution in [1.82, 2.24) is 0 Å². The van der Waals surface area contributed by atoms with Crippen LogP contribution in [0.25, 0.3) is 0 Å². The molecule has 0 unspecified atom stereocenters. The van der Waals surface area contributed by atoms with Crippen molar-refractivity contribution in [1.29, 1.82) is 0 Å². The number of aromatic hydroxyl groups is 2. The Morgan fingerprint density at radius 2 is 1.85 bits per heavy atom. The smallest absolute Gasteiger partial charge is 0.160 e. The minimum absolute atomic E-state index is 0.127. The number of hydrogen-bond acceptors (Lipinski definition) is 4. The van der Waals surface area contributed by atoms with Gasteiger partial charge in [-0.2, -0.15) is 0 Å². The average Bonchev–Trinajstić information content (AvgIpc) is 2.10. The second-order valence-electron chi connectivity index (χ2n) is 2.61. The molecule has 0 saturated heterocycles. The van der Waals surface area contributed by atoms with Crippen molar-refractivity contribution in [2.75, 3.05) is 6.54 Å². The van der Waals surface area contributed by atoms with Gasteiger partial charge < -0.3 is 21.1 Å². The summed E-state index contributed by atoms with van der Waals surface area (Å²) in [7, 11) is 0. The zero-order valence-electron chi connectivity index (χ0n) is 6.74. The minimum atomic E-state index is -1.17. The summed E-state index contributed by atoms with van der Waals surface area (Å²) >= 11 is 0. The van der Waals surface area contributed by atoms with Crippen molar-refractivity contribution in [3.8, 4) is 11.5 Å². The molecule has 0 aliphatic heterocycles. The molecule has 0 amide bonds. The van der Waals surface area contributed by atoms with Gasteiger partial charge in [0.25, 0.3) is 0 Å². The lowest BCUT2D eigenvalue weighted by Crippen LogP contribution is -2.12. The normalized spacial score (nSPS) is 12.8. The van der Waals surface area contributed by atoms with E-state index in [2.05, 4.69) is 0 Å². The van der Waals surface area contributed by atoms with Crippen molar-refractivity contribution in [2.24, 2.45) is 5.73 Å². The Balaban J connectivity index is 3.15. The first kappa shape index (κ1) is 9.76. The number of halogens is 1. The summed E-state index contributed by atoms with van der Waals surface area (Å²) < 4.78 is 13.0. The van der Waals surface area contributed by atoms with Gasteiger partial charge in [0.2, 0.25) is 0 Å². The lowest BCUT2D eigenvalue weighted by molar-refractivity contribution is 0.181. The predicted octanol–water partition coefficient (Wildman–Crippen LogP) is 0.229. The number of rotatable bonds is 2. The summed E-state index contributed by atoms with van der Waals surface area (Å²) in [6, 6.07) is 1.67. The highest BCUT2D eigenvalue weighted by Gasteiger charge is 2.14. The van der Waals surface area contributed by atoms with Gasteiger partial charge in [-0.25, -0.2) is 4.39 Å². The number of phenolic OH excluding ortho intramolecular Hbond substituents is 2. The molecule has 0 bridgehead atoms. The maximum Gasteiger partial charge on any atom is 0.160 e. The van der Waals surface area contributed by atoms with Gasteiger partial charge in [-0.3, -0.25) is 0 Å². The van der Waals surface area contributed by atoms with Crippen LogP contribution in [0.3, 0.4) is 0 Å². The lowest BCUT2D eigenvalue weighted by Gasteiger charge is -2.10. The zero-order valence-corrected chi connectivity index (χ0v) is 6.74. The zero-order chi connectivity index (χ0) is 10.0. The monoisotopic (exact) mass is 186 g/mol. The van der Waals surface area contributed by atoms with Crippen LogP contribution in [0, 0.1) is 5.82 Å². The van der Waals surface area contributed by atoms with Crippen LogP contribution in [0.1, 0.15) is 11.7 Å². The first-order valence-electron chi connectivity index (χ1n) is 3.65. The first-order valence-corrected chi connectivity index (χ1v) is 3.65. The predicted molar refractivity (Wildman–Crippen MR) is 43.7 cm³/mol. The highest BCUT2D eigenvalue weighted by atomic mass is 18.2. The Labute approximate surface area is 74.0 Å². The van der Waals surface area contributed by atoms with Gasteiger partial charge >= 0.3 is 0 Å². The molecule has 4 nitrogen and oxygen atoms in total. The number of aliphatic hydroxyl groups is 1. The van der Waals surface area contributed by atoms with Crippen LogP contribution in [-0.4, -0.2) is 21.9 Å². The third kappa shape index (κ3) is 1.88. The summed E-state index contributed by atoms with van der Waals surface area (Å²) in [5.74, 6) is -1.84. The van der Waals surface area contributed by atoms with Crippen LogP contribution in [-0.2, 0) is 0 Å². The van der Waals surface area contributed by atoms with E-state index in [0.717, 1.165) is 12.1 Å². The Bertz CT molecular complexity index is 317. The molecule has 1 aromatic rings. The average molecular weight is 186 g/mol. The molecule has 0 heterocycles. The highest BCUT2D eigenvalue weighted by molar-refractivity contribution is 5.42. The molecule has 5 N–H and O–H groups in total. The molecular formula is C8H10FNO3. The molecule has 13 heavy (non-hydrogen) atoms. The molecule has 1 rings (SSSR count). The molecule has 5 heteroatoms. The maximum atomic E-state index is 13.0. The Hall–Kier alpha value is -1.33. The van der Waals surface area contributed by atoms with Crippen LogP contribution in [0.2, 0.25) is 0 Å². The number of hydrogen-bond donors (Lipinski definition) is 4. The summed E-state index contributed by atoms with van der Waals surface area (Å²) in [5, 5.41) is 27.0. The number of aliphatic hydroxyl groups excluding tert-OH is 1. The summed E-state index contributed by atoms with van der Waals surface area (Å²) in [5.41, 5.74) is 4.97. The van der Waals surface area contributed by atoms with Crippen LogP contribution >= 0.6 is 0 Å². The van der Waals surface area contributed by atoms with E-state index in [1.54, 1.807) is 0 Å². The van der Waals surface area contributed by atoms with E-state index < -0.39 is 23.4 Å². The summed E-state index contributed by atoms with van der Waals surface area (Å²) in [6.07, 6.45) is -1.17. The van der Waals surface area contributed by atoms with Gasteiger partial charge in [0.15, 0.2) is 11.5 Å². The second kappa shape index (κ2) is 3.59. The molecule has 0 fully saturated rings. The molecular weight excluding hydrogens is 176 g/mol. The van der Waals surface area contributed by atoms with Gasteiger partial charge in [-0.1, -0.05) is 0 Å². The van der Waals surface area contributed by atoms with E-state index in [1.807, 2.05) is 0 Å². The maximum absolute atomic E-state index is 13.0. The van der Waals surface area contributed by atoms with Gasteiger partial charge in [0, 0.05) is 18.2 Å². The van der Waals surface area contributed by atoms with Crippen molar-refractivity contribution in [2.45, 2.75) is 6.10 Å². The number of phenols is 2. The fourth-order valence-corrected chi connectivity index (χ4v) is 0.950. The van der Waals surface area contributed by atoms with Crippen LogP contribution in [0.5, 0.6) is 11.5 Å². The Kier molecular flexibility index (Phi) is 2.69. The van der Waals surface area contributed by atoms with Crippen molar-refractivity contribution < 1.29 is 19.7 Å².